The molecule has 1 unspecified atom stereocenters. The van der Waals surface area contributed by atoms with Gasteiger partial charge in [-0.05, 0) is 18.8 Å². The number of halogens is 3. The molecule has 0 aromatic rings. The summed E-state index contributed by atoms with van der Waals surface area (Å²) in [6, 6.07) is 0. The second-order valence-electron chi connectivity index (χ2n) is 3.76. The van der Waals surface area contributed by atoms with Gasteiger partial charge in [-0.2, -0.15) is 13.2 Å². The zero-order valence-corrected chi connectivity index (χ0v) is 8.47. The minimum Gasteiger partial charge on any atom is -0.391 e. The van der Waals surface area contributed by atoms with E-state index in [4.69, 9.17) is 0 Å². The molecule has 1 atom stereocenters. The van der Waals surface area contributed by atoms with Crippen LogP contribution in [0.1, 0.15) is 26.7 Å². The van der Waals surface area contributed by atoms with Gasteiger partial charge < -0.3 is 9.84 Å². The van der Waals surface area contributed by atoms with Gasteiger partial charge in [-0.1, -0.05) is 13.8 Å². The molecule has 0 aromatic heterocycles. The fraction of sp³-hybridized carbons (Fsp3) is 1.00. The molecule has 0 saturated heterocycles. The summed E-state index contributed by atoms with van der Waals surface area (Å²) in [5.74, 6) is 0.437. The Morgan fingerprint density at radius 2 is 1.79 bits per heavy atom. The average molecular weight is 214 g/mol. The highest BCUT2D eigenvalue weighted by molar-refractivity contribution is 4.57. The molecule has 0 heterocycles. The summed E-state index contributed by atoms with van der Waals surface area (Å²) in [6.45, 7) is 2.45. The molecule has 0 bridgehead atoms. The molecule has 1 N–H and O–H groups in total. The van der Waals surface area contributed by atoms with Crippen LogP contribution in [0.25, 0.3) is 0 Å². The lowest BCUT2D eigenvalue weighted by atomic mass is 10.1. The number of ether oxygens (including phenoxy) is 1. The second-order valence-corrected chi connectivity index (χ2v) is 3.76. The fourth-order valence-corrected chi connectivity index (χ4v) is 0.920. The maximum absolute atomic E-state index is 11.6. The predicted octanol–water partition coefficient (Wildman–Crippen LogP) is 2.36. The standard InChI is InChI=1S/C9H17F3O2/c1-7(2)3-4-8(13)5-14-6-9(10,11)12/h7-8,13H,3-6H2,1-2H3. The lowest BCUT2D eigenvalue weighted by molar-refractivity contribution is -0.179. The molecular formula is C9H17F3O2. The fourth-order valence-electron chi connectivity index (χ4n) is 0.920. The normalized spacial score (nSPS) is 14.8. The first kappa shape index (κ1) is 13.7. The van der Waals surface area contributed by atoms with Gasteiger partial charge in [0.05, 0.1) is 12.7 Å². The molecule has 0 aromatic carbocycles. The van der Waals surface area contributed by atoms with Gasteiger partial charge in [0.25, 0.3) is 0 Å². The lowest BCUT2D eigenvalue weighted by Gasteiger charge is -2.13. The van der Waals surface area contributed by atoms with E-state index in [0.29, 0.717) is 12.3 Å². The van der Waals surface area contributed by atoms with Crippen molar-refractivity contribution in [1.29, 1.82) is 0 Å². The second kappa shape index (κ2) is 6.24. The van der Waals surface area contributed by atoms with E-state index in [1.54, 1.807) is 0 Å². The maximum Gasteiger partial charge on any atom is 0.411 e. The highest BCUT2D eigenvalue weighted by atomic mass is 19.4. The average Bonchev–Trinajstić information content (AvgIpc) is 1.98. The Hall–Kier alpha value is -0.290. The van der Waals surface area contributed by atoms with E-state index < -0.39 is 18.9 Å². The minimum absolute atomic E-state index is 0.244. The van der Waals surface area contributed by atoms with Crippen LogP contribution in [0, 0.1) is 5.92 Å². The molecule has 0 saturated carbocycles. The molecular weight excluding hydrogens is 197 g/mol. The quantitative estimate of drug-likeness (QED) is 0.735. The third kappa shape index (κ3) is 9.80. The SMILES string of the molecule is CC(C)CCC(O)COCC(F)(F)F. The first-order chi connectivity index (χ1) is 6.31. The number of aliphatic hydroxyl groups excluding tert-OH is 1. The number of hydrogen-bond acceptors (Lipinski definition) is 2. The van der Waals surface area contributed by atoms with Crippen LogP contribution < -0.4 is 0 Å². The van der Waals surface area contributed by atoms with E-state index in [2.05, 4.69) is 4.74 Å². The molecule has 0 aliphatic carbocycles. The summed E-state index contributed by atoms with van der Waals surface area (Å²) in [5, 5.41) is 9.20. The highest BCUT2D eigenvalue weighted by Crippen LogP contribution is 2.15. The van der Waals surface area contributed by atoms with Crippen molar-refractivity contribution in [2.45, 2.75) is 39.0 Å². The molecule has 86 valence electrons. The van der Waals surface area contributed by atoms with Gasteiger partial charge >= 0.3 is 6.18 Å². The topological polar surface area (TPSA) is 29.5 Å². The van der Waals surface area contributed by atoms with Gasteiger partial charge in [-0.15, -0.1) is 0 Å². The van der Waals surface area contributed by atoms with Gasteiger partial charge in [0.15, 0.2) is 0 Å². The van der Waals surface area contributed by atoms with Crippen LogP contribution >= 0.6 is 0 Å². The third-order valence-electron chi connectivity index (χ3n) is 1.65. The molecule has 0 radical (unpaired) electrons. The Bertz CT molecular complexity index is 145. The van der Waals surface area contributed by atoms with Gasteiger partial charge in [0.2, 0.25) is 0 Å². The number of rotatable bonds is 6. The van der Waals surface area contributed by atoms with Gasteiger partial charge in [-0.3, -0.25) is 0 Å². The predicted molar refractivity (Wildman–Crippen MR) is 47.0 cm³/mol. The van der Waals surface area contributed by atoms with E-state index >= 15 is 0 Å². The molecule has 0 amide bonds. The van der Waals surface area contributed by atoms with Crippen LogP contribution in [-0.4, -0.2) is 30.6 Å². The summed E-state index contributed by atoms with van der Waals surface area (Å²) in [5.41, 5.74) is 0. The van der Waals surface area contributed by atoms with Gasteiger partial charge in [0.1, 0.15) is 6.61 Å². The zero-order chi connectivity index (χ0) is 11.2. The molecule has 0 aliphatic rings. The summed E-state index contributed by atoms with van der Waals surface area (Å²) in [6.07, 6.45) is -3.83. The molecule has 0 rings (SSSR count). The number of alkyl halides is 3. The summed E-state index contributed by atoms with van der Waals surface area (Å²) in [4.78, 5) is 0. The Kier molecular flexibility index (Phi) is 6.11. The first-order valence-corrected chi connectivity index (χ1v) is 4.64. The Morgan fingerprint density at radius 3 is 2.21 bits per heavy atom. The summed E-state index contributed by atoms with van der Waals surface area (Å²) >= 11 is 0. The third-order valence-corrected chi connectivity index (χ3v) is 1.65. The van der Waals surface area contributed by atoms with Crippen LogP contribution in [0.4, 0.5) is 13.2 Å². The van der Waals surface area contributed by atoms with Crippen LogP contribution in [0.3, 0.4) is 0 Å². The molecule has 2 nitrogen and oxygen atoms in total. The smallest absolute Gasteiger partial charge is 0.391 e. The van der Waals surface area contributed by atoms with Crippen LogP contribution in [0.2, 0.25) is 0 Å². The lowest BCUT2D eigenvalue weighted by Crippen LogP contribution is -2.23. The Balaban J connectivity index is 3.40. The van der Waals surface area contributed by atoms with Crippen molar-refractivity contribution in [3.8, 4) is 0 Å². The number of hydrogen-bond donors (Lipinski definition) is 1. The largest absolute Gasteiger partial charge is 0.411 e. The van der Waals surface area contributed by atoms with E-state index in [1.807, 2.05) is 13.8 Å². The molecule has 5 heteroatoms. The summed E-state index contributed by atoms with van der Waals surface area (Å²) in [7, 11) is 0. The van der Waals surface area contributed by atoms with Crippen LogP contribution in [-0.2, 0) is 4.74 Å². The monoisotopic (exact) mass is 214 g/mol. The van der Waals surface area contributed by atoms with Crippen molar-refractivity contribution in [2.75, 3.05) is 13.2 Å². The van der Waals surface area contributed by atoms with Crippen molar-refractivity contribution in [3.63, 3.8) is 0 Å². The van der Waals surface area contributed by atoms with E-state index in [9.17, 15) is 18.3 Å². The van der Waals surface area contributed by atoms with Crippen LogP contribution in [0.5, 0.6) is 0 Å². The van der Waals surface area contributed by atoms with Crippen LogP contribution in [0.15, 0.2) is 0 Å². The molecule has 0 spiro atoms. The number of aliphatic hydroxyl groups is 1. The van der Waals surface area contributed by atoms with Crippen molar-refractivity contribution >= 4 is 0 Å². The highest BCUT2D eigenvalue weighted by Gasteiger charge is 2.27. The molecule has 0 aliphatic heterocycles. The first-order valence-electron chi connectivity index (χ1n) is 4.64. The molecule has 0 fully saturated rings. The van der Waals surface area contributed by atoms with Crippen molar-refractivity contribution < 1.29 is 23.0 Å². The minimum atomic E-state index is -4.31. The van der Waals surface area contributed by atoms with E-state index in [1.165, 1.54) is 0 Å². The van der Waals surface area contributed by atoms with Crippen molar-refractivity contribution in [2.24, 2.45) is 5.92 Å². The maximum atomic E-state index is 11.6. The van der Waals surface area contributed by atoms with Gasteiger partial charge in [0, 0.05) is 0 Å². The summed E-state index contributed by atoms with van der Waals surface area (Å²) < 4.78 is 39.2. The van der Waals surface area contributed by atoms with E-state index in [0.717, 1.165) is 6.42 Å². The van der Waals surface area contributed by atoms with Gasteiger partial charge in [-0.25, -0.2) is 0 Å². The Morgan fingerprint density at radius 1 is 1.21 bits per heavy atom. The molecule has 14 heavy (non-hydrogen) atoms. The van der Waals surface area contributed by atoms with E-state index in [-0.39, 0.29) is 6.61 Å². The van der Waals surface area contributed by atoms with Crippen molar-refractivity contribution in [3.05, 3.63) is 0 Å². The zero-order valence-electron chi connectivity index (χ0n) is 8.47. The Labute approximate surface area is 82.1 Å². The van der Waals surface area contributed by atoms with Crippen molar-refractivity contribution in [1.82, 2.24) is 0 Å².